The summed E-state index contributed by atoms with van der Waals surface area (Å²) in [6.07, 6.45) is 3.61. The molecular weight excluding hydrogens is 316 g/mol. The number of benzene rings is 1. The predicted octanol–water partition coefficient (Wildman–Crippen LogP) is 2.68. The fourth-order valence-corrected chi connectivity index (χ4v) is 3.36. The average molecular weight is 338 g/mol. The van der Waals surface area contributed by atoms with Crippen molar-refractivity contribution in [2.45, 2.75) is 32.2 Å². The van der Waals surface area contributed by atoms with Gasteiger partial charge >= 0.3 is 6.03 Å². The zero-order valence-electron chi connectivity index (χ0n) is 14.2. The molecule has 3 N–H and O–H groups in total. The number of fused-ring (bicyclic) bond motifs is 1. The van der Waals surface area contributed by atoms with Gasteiger partial charge in [-0.25, -0.2) is 9.78 Å². The average Bonchev–Trinajstić information content (AvgIpc) is 3.25. The highest BCUT2D eigenvalue weighted by Gasteiger charge is 2.25. The lowest BCUT2D eigenvalue weighted by atomic mass is 9.96. The fourth-order valence-electron chi connectivity index (χ4n) is 3.36. The number of carbonyl (C=O) groups excluding carboxylic acids is 1. The number of para-hydroxylation sites is 2. The summed E-state index contributed by atoms with van der Waals surface area (Å²) in [7, 11) is 0. The zero-order chi connectivity index (χ0) is 17.2. The Kier molecular flexibility index (Phi) is 4.13. The van der Waals surface area contributed by atoms with Crippen molar-refractivity contribution in [3.8, 4) is 0 Å². The topological polar surface area (TPSA) is 89.7 Å². The van der Waals surface area contributed by atoms with E-state index >= 15 is 0 Å². The van der Waals surface area contributed by atoms with Crippen LogP contribution in [0, 0.1) is 6.92 Å². The molecular formula is C18H22N6O. The number of likely N-dealkylation sites (tertiary alicyclic amines) is 1. The summed E-state index contributed by atoms with van der Waals surface area (Å²) in [5.74, 6) is 1.42. The largest absolute Gasteiger partial charge is 0.342 e. The molecule has 25 heavy (non-hydrogen) atoms. The van der Waals surface area contributed by atoms with Crippen LogP contribution in [-0.4, -0.2) is 44.2 Å². The number of imidazole rings is 1. The van der Waals surface area contributed by atoms with Crippen LogP contribution in [0.2, 0.25) is 0 Å². The van der Waals surface area contributed by atoms with Gasteiger partial charge in [-0.15, -0.1) is 0 Å². The van der Waals surface area contributed by atoms with E-state index in [2.05, 4.69) is 20.5 Å². The lowest BCUT2D eigenvalue weighted by molar-refractivity contribution is 0.180. The molecule has 1 saturated heterocycles. The van der Waals surface area contributed by atoms with Gasteiger partial charge in [-0.1, -0.05) is 12.1 Å². The third kappa shape index (κ3) is 3.22. The van der Waals surface area contributed by atoms with Crippen LogP contribution in [0.25, 0.3) is 11.0 Å². The van der Waals surface area contributed by atoms with Crippen molar-refractivity contribution in [1.82, 2.24) is 30.4 Å². The van der Waals surface area contributed by atoms with E-state index in [0.29, 0.717) is 12.5 Å². The molecule has 0 unspecified atom stereocenters. The Morgan fingerprint density at radius 3 is 2.84 bits per heavy atom. The Morgan fingerprint density at radius 1 is 1.32 bits per heavy atom. The molecule has 1 aliphatic heterocycles. The molecule has 1 fully saturated rings. The number of carbonyl (C=O) groups is 1. The number of aromatic amines is 2. The highest BCUT2D eigenvalue weighted by Crippen LogP contribution is 2.27. The number of hydrogen-bond acceptors (Lipinski definition) is 3. The summed E-state index contributed by atoms with van der Waals surface area (Å²) in [6, 6.07) is 8.08. The van der Waals surface area contributed by atoms with Crippen LogP contribution >= 0.6 is 0 Å². The van der Waals surface area contributed by atoms with E-state index < -0.39 is 0 Å². The molecule has 3 heterocycles. The predicted molar refractivity (Wildman–Crippen MR) is 95.2 cm³/mol. The molecule has 0 bridgehead atoms. The maximum Gasteiger partial charge on any atom is 0.317 e. The van der Waals surface area contributed by atoms with Crippen molar-refractivity contribution < 1.29 is 4.79 Å². The Morgan fingerprint density at radius 2 is 2.12 bits per heavy atom. The number of rotatable bonds is 3. The first-order valence-corrected chi connectivity index (χ1v) is 8.67. The van der Waals surface area contributed by atoms with Gasteiger partial charge in [0.05, 0.1) is 17.2 Å². The minimum absolute atomic E-state index is 0.0105. The van der Waals surface area contributed by atoms with Crippen molar-refractivity contribution >= 4 is 17.1 Å². The van der Waals surface area contributed by atoms with Crippen molar-refractivity contribution in [2.75, 3.05) is 13.1 Å². The standard InChI is InChI=1S/C18H22N6O/c1-12-14(11-20-23-12)10-19-18(25)24-8-6-13(7-9-24)17-21-15-4-2-3-5-16(15)22-17/h2-5,11,13H,6-10H2,1H3,(H,19,25)(H,20,23)(H,21,22). The number of hydrogen-bond donors (Lipinski definition) is 3. The van der Waals surface area contributed by atoms with Gasteiger partial charge in [-0.3, -0.25) is 5.10 Å². The van der Waals surface area contributed by atoms with E-state index in [0.717, 1.165) is 54.0 Å². The third-order valence-electron chi connectivity index (χ3n) is 4.94. The molecule has 0 atom stereocenters. The summed E-state index contributed by atoms with van der Waals surface area (Å²) >= 11 is 0. The zero-order valence-corrected chi connectivity index (χ0v) is 14.2. The number of amides is 2. The van der Waals surface area contributed by atoms with Crippen LogP contribution in [0.5, 0.6) is 0 Å². The van der Waals surface area contributed by atoms with Crippen LogP contribution < -0.4 is 5.32 Å². The second kappa shape index (κ2) is 6.58. The molecule has 3 aromatic rings. The number of H-pyrrole nitrogens is 2. The van der Waals surface area contributed by atoms with Crippen LogP contribution in [0.3, 0.4) is 0 Å². The summed E-state index contributed by atoms with van der Waals surface area (Å²) in [5.41, 5.74) is 4.09. The maximum absolute atomic E-state index is 12.3. The first-order valence-electron chi connectivity index (χ1n) is 8.67. The van der Waals surface area contributed by atoms with Crippen LogP contribution in [0.1, 0.15) is 35.8 Å². The van der Waals surface area contributed by atoms with Gasteiger partial charge in [-0.05, 0) is 31.9 Å². The monoisotopic (exact) mass is 338 g/mol. The summed E-state index contributed by atoms with van der Waals surface area (Å²) in [6.45, 7) is 3.95. The van der Waals surface area contributed by atoms with Gasteiger partial charge in [-0.2, -0.15) is 5.10 Å². The molecule has 0 saturated carbocycles. The van der Waals surface area contributed by atoms with Crippen molar-refractivity contribution in [1.29, 1.82) is 0 Å². The van der Waals surface area contributed by atoms with Gasteiger partial charge in [0.15, 0.2) is 0 Å². The van der Waals surface area contributed by atoms with Crippen LogP contribution in [0.4, 0.5) is 4.79 Å². The molecule has 1 aliphatic rings. The number of aromatic nitrogens is 4. The molecule has 0 spiro atoms. The van der Waals surface area contributed by atoms with Crippen molar-refractivity contribution in [3.63, 3.8) is 0 Å². The van der Waals surface area contributed by atoms with Crippen LogP contribution in [0.15, 0.2) is 30.5 Å². The normalized spacial score (nSPS) is 15.6. The van der Waals surface area contributed by atoms with Crippen molar-refractivity contribution in [3.05, 3.63) is 47.5 Å². The molecule has 4 rings (SSSR count). The number of aryl methyl sites for hydroxylation is 1. The molecule has 7 nitrogen and oxygen atoms in total. The smallest absolute Gasteiger partial charge is 0.317 e. The number of urea groups is 1. The van der Waals surface area contributed by atoms with Gasteiger partial charge in [0.2, 0.25) is 0 Å². The lowest BCUT2D eigenvalue weighted by Crippen LogP contribution is -2.44. The van der Waals surface area contributed by atoms with Crippen molar-refractivity contribution in [2.24, 2.45) is 0 Å². The minimum Gasteiger partial charge on any atom is -0.342 e. The Bertz CT molecular complexity index is 841. The second-order valence-corrected chi connectivity index (χ2v) is 6.58. The highest BCUT2D eigenvalue weighted by molar-refractivity contribution is 5.75. The van der Waals surface area contributed by atoms with E-state index in [1.165, 1.54) is 0 Å². The van der Waals surface area contributed by atoms with Gasteiger partial charge in [0, 0.05) is 36.8 Å². The van der Waals surface area contributed by atoms with E-state index in [-0.39, 0.29) is 6.03 Å². The molecule has 0 aliphatic carbocycles. The SMILES string of the molecule is Cc1[nH]ncc1CNC(=O)N1CCC(c2nc3ccccc3[nH]2)CC1. The van der Waals surface area contributed by atoms with Gasteiger partial charge in [0.25, 0.3) is 0 Å². The first kappa shape index (κ1) is 15.7. The molecule has 130 valence electrons. The maximum atomic E-state index is 12.3. The number of nitrogens with zero attached hydrogens (tertiary/aromatic N) is 3. The Balaban J connectivity index is 1.33. The number of nitrogens with one attached hydrogen (secondary N) is 3. The summed E-state index contributed by atoms with van der Waals surface area (Å²) < 4.78 is 0. The Labute approximate surface area is 145 Å². The first-order chi connectivity index (χ1) is 12.2. The second-order valence-electron chi connectivity index (χ2n) is 6.58. The van der Waals surface area contributed by atoms with E-state index in [1.807, 2.05) is 36.1 Å². The van der Waals surface area contributed by atoms with E-state index in [4.69, 9.17) is 4.98 Å². The fraction of sp³-hybridized carbons (Fsp3) is 0.389. The van der Waals surface area contributed by atoms with Gasteiger partial charge < -0.3 is 15.2 Å². The molecule has 7 heteroatoms. The highest BCUT2D eigenvalue weighted by atomic mass is 16.2. The lowest BCUT2D eigenvalue weighted by Gasteiger charge is -2.31. The molecule has 1 aromatic carbocycles. The summed E-state index contributed by atoms with van der Waals surface area (Å²) in [4.78, 5) is 22.4. The summed E-state index contributed by atoms with van der Waals surface area (Å²) in [5, 5.41) is 9.83. The van der Waals surface area contributed by atoms with Gasteiger partial charge in [0.1, 0.15) is 5.82 Å². The molecule has 2 aromatic heterocycles. The quantitative estimate of drug-likeness (QED) is 0.686. The number of piperidine rings is 1. The van der Waals surface area contributed by atoms with E-state index in [1.54, 1.807) is 6.20 Å². The minimum atomic E-state index is -0.0105. The molecule has 0 radical (unpaired) electrons. The molecule has 2 amide bonds. The van der Waals surface area contributed by atoms with E-state index in [9.17, 15) is 4.79 Å². The van der Waals surface area contributed by atoms with Crippen LogP contribution in [-0.2, 0) is 6.54 Å². The third-order valence-corrected chi connectivity index (χ3v) is 4.94. The Hall–Kier alpha value is -2.83.